The van der Waals surface area contributed by atoms with Crippen molar-refractivity contribution in [1.29, 1.82) is 0 Å². The highest BCUT2D eigenvalue weighted by atomic mass is 32.2. The van der Waals surface area contributed by atoms with E-state index in [1.165, 1.54) is 12.1 Å². The second kappa shape index (κ2) is 8.65. The van der Waals surface area contributed by atoms with E-state index in [1.54, 1.807) is 32.9 Å². The molecule has 156 valence electrons. The molecule has 1 aliphatic rings. The molecule has 0 radical (unpaired) electrons. The van der Waals surface area contributed by atoms with Gasteiger partial charge in [-0.1, -0.05) is 12.1 Å². The number of nitrogens with zero attached hydrogens (tertiary/aromatic N) is 1. The fourth-order valence-corrected chi connectivity index (χ4v) is 4.25. The molecule has 0 spiro atoms. The predicted octanol–water partition coefficient (Wildman–Crippen LogP) is 3.34. The Morgan fingerprint density at radius 1 is 1.00 bits per heavy atom. The number of hydrogen-bond donors (Lipinski definition) is 1. The molecule has 2 aromatic carbocycles. The maximum Gasteiger partial charge on any atom is 0.255 e. The van der Waals surface area contributed by atoms with E-state index in [1.807, 2.05) is 24.3 Å². The number of rotatable bonds is 5. The molecule has 29 heavy (non-hydrogen) atoms. The summed E-state index contributed by atoms with van der Waals surface area (Å²) in [5, 5.41) is 2.82. The zero-order valence-electron chi connectivity index (χ0n) is 17.1. The van der Waals surface area contributed by atoms with Crippen LogP contribution in [0.3, 0.4) is 0 Å². The lowest BCUT2D eigenvalue weighted by molar-refractivity contribution is 0.0342. The van der Waals surface area contributed by atoms with Gasteiger partial charge in [-0.15, -0.1) is 0 Å². The van der Waals surface area contributed by atoms with Crippen molar-refractivity contribution >= 4 is 21.4 Å². The van der Waals surface area contributed by atoms with Gasteiger partial charge in [-0.2, -0.15) is 0 Å². The molecule has 1 heterocycles. The van der Waals surface area contributed by atoms with Gasteiger partial charge in [0, 0.05) is 30.9 Å². The number of nitrogens with one attached hydrogen (secondary N) is 1. The van der Waals surface area contributed by atoms with Crippen molar-refractivity contribution in [3.63, 3.8) is 0 Å². The molecule has 0 aromatic heterocycles. The van der Waals surface area contributed by atoms with Gasteiger partial charge in [0.1, 0.15) is 0 Å². The van der Waals surface area contributed by atoms with Crippen LogP contribution >= 0.6 is 0 Å². The molecule has 2 aromatic rings. The first kappa shape index (κ1) is 21.5. The molecule has 0 aliphatic carbocycles. The number of sulfone groups is 1. The van der Waals surface area contributed by atoms with Crippen LogP contribution in [0.2, 0.25) is 0 Å². The number of benzene rings is 2. The Morgan fingerprint density at radius 3 is 2.14 bits per heavy atom. The first-order valence-corrected chi connectivity index (χ1v) is 11.2. The Hall–Kier alpha value is -2.22. The summed E-state index contributed by atoms with van der Waals surface area (Å²) in [5.41, 5.74) is 2.27. The summed E-state index contributed by atoms with van der Waals surface area (Å²) >= 11 is 0. The zero-order valence-corrected chi connectivity index (χ0v) is 18.0. The van der Waals surface area contributed by atoms with Gasteiger partial charge in [0.2, 0.25) is 0 Å². The van der Waals surface area contributed by atoms with Crippen LogP contribution in [0.25, 0.3) is 0 Å². The molecule has 0 bridgehead atoms. The Labute approximate surface area is 172 Å². The molecule has 3 rings (SSSR count). The van der Waals surface area contributed by atoms with Crippen LogP contribution in [-0.2, 0) is 21.1 Å². The van der Waals surface area contributed by atoms with Crippen molar-refractivity contribution in [2.45, 2.75) is 37.0 Å². The van der Waals surface area contributed by atoms with Crippen LogP contribution in [0, 0.1) is 0 Å². The molecule has 7 heteroatoms. The molecule has 1 fully saturated rings. The Kier molecular flexibility index (Phi) is 6.41. The number of morpholine rings is 1. The van der Waals surface area contributed by atoms with Gasteiger partial charge in [0.15, 0.2) is 9.84 Å². The summed E-state index contributed by atoms with van der Waals surface area (Å²) in [5.74, 6) is -0.227. The van der Waals surface area contributed by atoms with Gasteiger partial charge < -0.3 is 10.1 Å². The smallest absolute Gasteiger partial charge is 0.255 e. The van der Waals surface area contributed by atoms with E-state index in [0.29, 0.717) is 11.3 Å². The van der Waals surface area contributed by atoms with Crippen molar-refractivity contribution in [3.05, 3.63) is 59.7 Å². The highest BCUT2D eigenvalue weighted by molar-refractivity contribution is 7.92. The number of ether oxygens (including phenoxy) is 1. The van der Waals surface area contributed by atoms with Crippen LogP contribution in [-0.4, -0.2) is 50.3 Å². The lowest BCUT2D eigenvalue weighted by Gasteiger charge is -2.26. The summed E-state index contributed by atoms with van der Waals surface area (Å²) in [4.78, 5) is 15.1. The molecular weight excluding hydrogens is 388 g/mol. The number of anilines is 1. The van der Waals surface area contributed by atoms with Crippen LogP contribution in [0.5, 0.6) is 0 Å². The largest absolute Gasteiger partial charge is 0.379 e. The maximum absolute atomic E-state index is 12.5. The topological polar surface area (TPSA) is 75.7 Å². The molecule has 0 saturated carbocycles. The van der Waals surface area contributed by atoms with Crippen molar-refractivity contribution in [1.82, 2.24) is 4.90 Å². The standard InChI is InChI=1S/C22H28N2O4S/c1-22(2,3)29(26,27)20-10-8-19(9-11-20)23-21(25)18-6-4-17(5-7-18)16-24-12-14-28-15-13-24/h4-11H,12-16H2,1-3H3,(H,23,25). The highest BCUT2D eigenvalue weighted by Crippen LogP contribution is 2.25. The normalized spacial score (nSPS) is 15.8. The van der Waals surface area contributed by atoms with Crippen LogP contribution in [0.4, 0.5) is 5.69 Å². The van der Waals surface area contributed by atoms with E-state index in [-0.39, 0.29) is 10.8 Å². The molecule has 1 aliphatic heterocycles. The van der Waals surface area contributed by atoms with E-state index in [2.05, 4.69) is 10.2 Å². The maximum atomic E-state index is 12.5. The number of carbonyl (C=O) groups excluding carboxylic acids is 1. The molecule has 0 atom stereocenters. The van der Waals surface area contributed by atoms with Crippen LogP contribution in [0.1, 0.15) is 36.7 Å². The van der Waals surface area contributed by atoms with Gasteiger partial charge in [0.25, 0.3) is 5.91 Å². The molecule has 1 N–H and O–H groups in total. The van der Waals surface area contributed by atoms with Gasteiger partial charge in [-0.3, -0.25) is 9.69 Å². The Morgan fingerprint density at radius 2 is 1.59 bits per heavy atom. The molecule has 1 saturated heterocycles. The number of hydrogen-bond acceptors (Lipinski definition) is 5. The summed E-state index contributed by atoms with van der Waals surface area (Å²) in [6, 6.07) is 13.8. The van der Waals surface area contributed by atoms with E-state index >= 15 is 0 Å². The molecular formula is C22H28N2O4S. The summed E-state index contributed by atoms with van der Waals surface area (Å²) in [7, 11) is -3.42. The first-order chi connectivity index (χ1) is 13.7. The third kappa shape index (κ3) is 5.23. The Bertz CT molecular complexity index is 940. The van der Waals surface area contributed by atoms with E-state index in [0.717, 1.165) is 38.4 Å². The minimum Gasteiger partial charge on any atom is -0.379 e. The average molecular weight is 417 g/mol. The third-order valence-corrected chi connectivity index (χ3v) is 7.46. The van der Waals surface area contributed by atoms with Gasteiger partial charge in [0.05, 0.1) is 22.9 Å². The minimum absolute atomic E-state index is 0.227. The summed E-state index contributed by atoms with van der Waals surface area (Å²) < 4.78 is 29.5. The molecule has 6 nitrogen and oxygen atoms in total. The van der Waals surface area contributed by atoms with Gasteiger partial charge in [-0.05, 0) is 62.7 Å². The van der Waals surface area contributed by atoms with Gasteiger partial charge in [-0.25, -0.2) is 8.42 Å². The molecule has 1 amide bonds. The monoisotopic (exact) mass is 416 g/mol. The SMILES string of the molecule is CC(C)(C)S(=O)(=O)c1ccc(NC(=O)c2ccc(CN3CCOCC3)cc2)cc1. The van der Waals surface area contributed by atoms with Crippen molar-refractivity contribution < 1.29 is 17.9 Å². The van der Waals surface area contributed by atoms with E-state index in [9.17, 15) is 13.2 Å². The zero-order chi connectivity index (χ0) is 21.1. The lowest BCUT2D eigenvalue weighted by atomic mass is 10.1. The van der Waals surface area contributed by atoms with Crippen molar-refractivity contribution in [2.75, 3.05) is 31.6 Å². The van der Waals surface area contributed by atoms with E-state index < -0.39 is 14.6 Å². The highest BCUT2D eigenvalue weighted by Gasteiger charge is 2.30. The first-order valence-electron chi connectivity index (χ1n) is 9.72. The summed E-state index contributed by atoms with van der Waals surface area (Å²) in [6.45, 7) is 9.20. The second-order valence-corrected chi connectivity index (χ2v) is 10.9. The average Bonchev–Trinajstić information content (AvgIpc) is 2.69. The predicted molar refractivity (Wildman–Crippen MR) is 114 cm³/mol. The van der Waals surface area contributed by atoms with Crippen molar-refractivity contribution in [3.8, 4) is 0 Å². The summed E-state index contributed by atoms with van der Waals surface area (Å²) in [6.07, 6.45) is 0. The lowest BCUT2D eigenvalue weighted by Crippen LogP contribution is -2.35. The Balaban J connectivity index is 1.62. The van der Waals surface area contributed by atoms with Crippen molar-refractivity contribution in [2.24, 2.45) is 0 Å². The fraction of sp³-hybridized carbons (Fsp3) is 0.409. The van der Waals surface area contributed by atoms with Crippen LogP contribution < -0.4 is 5.32 Å². The third-order valence-electron chi connectivity index (χ3n) is 4.95. The fourth-order valence-electron chi connectivity index (χ4n) is 3.05. The number of carbonyl (C=O) groups is 1. The van der Waals surface area contributed by atoms with Gasteiger partial charge >= 0.3 is 0 Å². The quantitative estimate of drug-likeness (QED) is 0.809. The van der Waals surface area contributed by atoms with Crippen LogP contribution in [0.15, 0.2) is 53.4 Å². The molecule has 0 unspecified atom stereocenters. The second-order valence-electron chi connectivity index (χ2n) is 8.18. The minimum atomic E-state index is -3.42. The van der Waals surface area contributed by atoms with E-state index in [4.69, 9.17) is 4.74 Å². The number of amides is 1.